The quantitative estimate of drug-likeness (QED) is 0.657. The van der Waals surface area contributed by atoms with Gasteiger partial charge in [-0.3, -0.25) is 10.1 Å². The Balaban J connectivity index is 1.47. The minimum Gasteiger partial charge on any atom is -0.454 e. The lowest BCUT2D eigenvalue weighted by molar-refractivity contribution is -0.914. The summed E-state index contributed by atoms with van der Waals surface area (Å²) in [4.78, 5) is 14.9. The number of nitrogens with one attached hydrogen (secondary N) is 1. The zero-order valence-corrected chi connectivity index (χ0v) is 15.7. The number of hydrogen-bond donors (Lipinski definition) is 1. The zero-order valence-electron chi connectivity index (χ0n) is 15.7. The van der Waals surface area contributed by atoms with Gasteiger partial charge in [0, 0.05) is 5.69 Å². The van der Waals surface area contributed by atoms with E-state index in [2.05, 4.69) is 36.9 Å². The first-order chi connectivity index (χ1) is 13.0. The number of quaternary nitrogens is 1. The highest BCUT2D eigenvalue weighted by Crippen LogP contribution is 2.37. The number of hydrogen-bond acceptors (Lipinski definition) is 5. The molecule has 4 rings (SSSR count). The van der Waals surface area contributed by atoms with Crippen molar-refractivity contribution in [3.63, 3.8) is 0 Å². The SMILES string of the molecule is Cc1ccc(C)c(N2CC[NH+](Cc3cc4c(cc3[N+](=O)[O-])OCO4)CC2)c1. The van der Waals surface area contributed by atoms with E-state index in [1.807, 2.05) is 0 Å². The summed E-state index contributed by atoms with van der Waals surface area (Å²) in [6.45, 7) is 8.77. The average molecular weight is 370 g/mol. The second-order valence-corrected chi connectivity index (χ2v) is 7.30. The van der Waals surface area contributed by atoms with Gasteiger partial charge >= 0.3 is 0 Å². The number of fused-ring (bicyclic) bond motifs is 1. The summed E-state index contributed by atoms with van der Waals surface area (Å²) in [7, 11) is 0. The van der Waals surface area contributed by atoms with Gasteiger partial charge in [0.15, 0.2) is 11.5 Å². The van der Waals surface area contributed by atoms with Crippen LogP contribution >= 0.6 is 0 Å². The minimum atomic E-state index is -0.330. The molecule has 7 nitrogen and oxygen atoms in total. The van der Waals surface area contributed by atoms with Gasteiger partial charge in [0.2, 0.25) is 6.79 Å². The fraction of sp³-hybridized carbons (Fsp3) is 0.400. The number of piperazine rings is 1. The molecule has 2 heterocycles. The Labute approximate surface area is 158 Å². The molecule has 2 aromatic rings. The van der Waals surface area contributed by atoms with Gasteiger partial charge in [0.1, 0.15) is 6.54 Å². The highest BCUT2D eigenvalue weighted by molar-refractivity contribution is 5.56. The van der Waals surface area contributed by atoms with Crippen molar-refractivity contribution >= 4 is 11.4 Å². The summed E-state index contributed by atoms with van der Waals surface area (Å²) in [6.07, 6.45) is 0. The molecule has 7 heteroatoms. The third-order valence-corrected chi connectivity index (χ3v) is 5.39. The number of rotatable bonds is 4. The normalized spacial score (nSPS) is 16.6. The van der Waals surface area contributed by atoms with Crippen LogP contribution in [0.1, 0.15) is 16.7 Å². The van der Waals surface area contributed by atoms with Crippen LogP contribution in [0.4, 0.5) is 11.4 Å². The van der Waals surface area contributed by atoms with Gasteiger partial charge in [-0.15, -0.1) is 0 Å². The van der Waals surface area contributed by atoms with Gasteiger partial charge in [-0.2, -0.15) is 0 Å². The van der Waals surface area contributed by atoms with Crippen LogP contribution in [0.25, 0.3) is 0 Å². The number of aryl methyl sites for hydroxylation is 2. The summed E-state index contributed by atoms with van der Waals surface area (Å²) < 4.78 is 10.7. The standard InChI is InChI=1S/C20H23N3O4/c1-14-3-4-15(2)17(9-14)22-7-5-21(6-8-22)12-16-10-19-20(27-13-26-19)11-18(16)23(24)25/h3-4,9-11H,5-8,12-13H2,1-2H3/p+1. The van der Waals surface area contributed by atoms with E-state index in [1.165, 1.54) is 27.8 Å². The summed E-state index contributed by atoms with van der Waals surface area (Å²) in [5, 5.41) is 11.5. The van der Waals surface area contributed by atoms with Crippen molar-refractivity contribution in [3.05, 3.63) is 57.1 Å². The maximum absolute atomic E-state index is 11.5. The van der Waals surface area contributed by atoms with E-state index in [9.17, 15) is 10.1 Å². The molecule has 1 saturated heterocycles. The van der Waals surface area contributed by atoms with Gasteiger partial charge in [-0.05, 0) is 37.1 Å². The third kappa shape index (κ3) is 3.55. The Morgan fingerprint density at radius 2 is 1.81 bits per heavy atom. The predicted octanol–water partition coefficient (Wildman–Crippen LogP) is 1.85. The molecule has 1 N–H and O–H groups in total. The highest BCUT2D eigenvalue weighted by atomic mass is 16.7. The van der Waals surface area contributed by atoms with Crippen LogP contribution in [0.5, 0.6) is 11.5 Å². The zero-order chi connectivity index (χ0) is 19.0. The summed E-state index contributed by atoms with van der Waals surface area (Å²) >= 11 is 0. The van der Waals surface area contributed by atoms with Gasteiger partial charge in [-0.1, -0.05) is 12.1 Å². The third-order valence-electron chi connectivity index (χ3n) is 5.39. The molecule has 0 atom stereocenters. The summed E-state index contributed by atoms with van der Waals surface area (Å²) in [5.74, 6) is 1.06. The van der Waals surface area contributed by atoms with Crippen LogP contribution in [-0.2, 0) is 6.54 Å². The van der Waals surface area contributed by atoms with Crippen molar-refractivity contribution in [2.45, 2.75) is 20.4 Å². The summed E-state index contributed by atoms with van der Waals surface area (Å²) in [5.41, 5.74) is 4.67. The monoisotopic (exact) mass is 370 g/mol. The van der Waals surface area contributed by atoms with Crippen molar-refractivity contribution in [2.75, 3.05) is 37.9 Å². The molecule has 0 saturated carbocycles. The van der Waals surface area contributed by atoms with E-state index in [0.717, 1.165) is 26.2 Å². The van der Waals surface area contributed by atoms with E-state index in [1.54, 1.807) is 6.07 Å². The Kier molecular flexibility index (Phi) is 4.61. The smallest absolute Gasteiger partial charge is 0.282 e. The molecule has 2 aliphatic heterocycles. The molecule has 0 aromatic heterocycles. The second kappa shape index (κ2) is 7.08. The first kappa shape index (κ1) is 17.6. The van der Waals surface area contributed by atoms with Gasteiger partial charge < -0.3 is 19.3 Å². The molecule has 1 fully saturated rings. The fourth-order valence-corrected chi connectivity index (χ4v) is 3.85. The van der Waals surface area contributed by atoms with Crippen LogP contribution in [-0.4, -0.2) is 37.9 Å². The molecular formula is C20H24N3O4+. The first-order valence-electron chi connectivity index (χ1n) is 9.24. The molecule has 0 unspecified atom stereocenters. The molecule has 0 spiro atoms. The molecule has 0 radical (unpaired) electrons. The van der Waals surface area contributed by atoms with Gasteiger partial charge in [0.05, 0.1) is 42.7 Å². The fourth-order valence-electron chi connectivity index (χ4n) is 3.85. The lowest BCUT2D eigenvalue weighted by atomic mass is 10.1. The lowest BCUT2D eigenvalue weighted by Crippen LogP contribution is -3.13. The van der Waals surface area contributed by atoms with Crippen molar-refractivity contribution in [2.24, 2.45) is 0 Å². The number of anilines is 1. The number of benzene rings is 2. The largest absolute Gasteiger partial charge is 0.454 e. The Morgan fingerprint density at radius 3 is 2.52 bits per heavy atom. The van der Waals surface area contributed by atoms with E-state index in [4.69, 9.17) is 9.47 Å². The predicted molar refractivity (Wildman–Crippen MR) is 102 cm³/mol. The first-order valence-corrected chi connectivity index (χ1v) is 9.24. The lowest BCUT2D eigenvalue weighted by Gasteiger charge is -2.34. The number of nitro benzene ring substituents is 1. The van der Waals surface area contributed by atoms with E-state index in [-0.39, 0.29) is 17.4 Å². The summed E-state index contributed by atoms with van der Waals surface area (Å²) in [6, 6.07) is 9.80. The number of ether oxygens (including phenoxy) is 2. The van der Waals surface area contributed by atoms with Crippen LogP contribution < -0.4 is 19.3 Å². The molecule has 0 amide bonds. The van der Waals surface area contributed by atoms with Crippen molar-refractivity contribution in [3.8, 4) is 11.5 Å². The van der Waals surface area contributed by atoms with Gasteiger partial charge in [0.25, 0.3) is 5.69 Å². The Bertz CT molecular complexity index is 876. The second-order valence-electron chi connectivity index (χ2n) is 7.30. The van der Waals surface area contributed by atoms with E-state index in [0.29, 0.717) is 23.6 Å². The maximum Gasteiger partial charge on any atom is 0.282 e. The van der Waals surface area contributed by atoms with Crippen LogP contribution in [0.2, 0.25) is 0 Å². The van der Waals surface area contributed by atoms with Crippen molar-refractivity contribution < 1.29 is 19.3 Å². The number of nitro groups is 1. The molecule has 2 aromatic carbocycles. The van der Waals surface area contributed by atoms with Crippen LogP contribution in [0, 0.1) is 24.0 Å². The minimum absolute atomic E-state index is 0.115. The van der Waals surface area contributed by atoms with Crippen LogP contribution in [0.15, 0.2) is 30.3 Å². The Morgan fingerprint density at radius 1 is 1.11 bits per heavy atom. The average Bonchev–Trinajstić information content (AvgIpc) is 3.11. The topological polar surface area (TPSA) is 69.3 Å². The van der Waals surface area contributed by atoms with Gasteiger partial charge in [-0.25, -0.2) is 0 Å². The van der Waals surface area contributed by atoms with E-state index >= 15 is 0 Å². The van der Waals surface area contributed by atoms with Crippen molar-refractivity contribution in [1.82, 2.24) is 0 Å². The van der Waals surface area contributed by atoms with Crippen molar-refractivity contribution in [1.29, 1.82) is 0 Å². The Hall–Kier alpha value is -2.80. The molecule has 2 aliphatic rings. The molecule has 27 heavy (non-hydrogen) atoms. The number of nitrogens with zero attached hydrogens (tertiary/aromatic N) is 2. The molecule has 0 aliphatic carbocycles. The molecule has 142 valence electrons. The van der Waals surface area contributed by atoms with E-state index < -0.39 is 0 Å². The van der Waals surface area contributed by atoms with Crippen LogP contribution in [0.3, 0.4) is 0 Å². The highest BCUT2D eigenvalue weighted by Gasteiger charge is 2.28. The molecular weight excluding hydrogens is 346 g/mol. The maximum atomic E-state index is 11.5. The molecule has 0 bridgehead atoms.